The molecule has 0 N–H and O–H groups in total. The number of benzene rings is 2. The quantitative estimate of drug-likeness (QED) is 0.0793. The first-order chi connectivity index (χ1) is 20.5. The molecule has 2 aliphatic rings. The number of carbonyl (C=O) groups is 2. The van der Waals surface area contributed by atoms with Crippen LogP contribution in [-0.2, 0) is 28.5 Å². The fourth-order valence-corrected chi connectivity index (χ4v) is 5.69. The number of halogens is 2. The first kappa shape index (κ1) is 32.8. The number of ether oxygens (including phenoxy) is 4. The van der Waals surface area contributed by atoms with Crippen molar-refractivity contribution >= 4 is 35.1 Å². The molecule has 2 heterocycles. The molecule has 0 aliphatic carbocycles. The minimum atomic E-state index is -0.128. The van der Waals surface area contributed by atoms with Gasteiger partial charge in [0.1, 0.15) is 25.4 Å². The van der Waals surface area contributed by atoms with Crippen molar-refractivity contribution in [3.05, 3.63) is 69.7 Å². The molecule has 4 rings (SSSR count). The van der Waals surface area contributed by atoms with Crippen molar-refractivity contribution in [2.45, 2.75) is 101 Å². The molecule has 0 saturated carbocycles. The second kappa shape index (κ2) is 17.9. The fraction of sp³-hybridized carbons (Fsp3) is 0.588. The third kappa shape index (κ3) is 12.6. The van der Waals surface area contributed by atoms with Crippen LogP contribution in [0.4, 0.5) is 0 Å². The fourth-order valence-electron chi connectivity index (χ4n) is 5.44. The minimum absolute atomic E-state index is 0.114. The zero-order valence-electron chi connectivity index (χ0n) is 24.4. The highest BCUT2D eigenvalue weighted by molar-refractivity contribution is 6.30. The van der Waals surface area contributed by atoms with E-state index in [9.17, 15) is 9.59 Å². The molecule has 4 atom stereocenters. The molecule has 6 nitrogen and oxygen atoms in total. The van der Waals surface area contributed by atoms with Gasteiger partial charge in [-0.1, -0.05) is 86.0 Å². The van der Waals surface area contributed by atoms with E-state index in [0.717, 1.165) is 74.3 Å². The summed E-state index contributed by atoms with van der Waals surface area (Å²) in [5.41, 5.74) is 2.60. The van der Waals surface area contributed by atoms with E-state index in [2.05, 4.69) is 24.3 Å². The Morgan fingerprint density at radius 2 is 0.976 bits per heavy atom. The minimum Gasteiger partial charge on any atom is -0.463 e. The highest BCUT2D eigenvalue weighted by atomic mass is 35.5. The lowest BCUT2D eigenvalue weighted by atomic mass is 9.76. The van der Waals surface area contributed by atoms with Crippen molar-refractivity contribution in [1.82, 2.24) is 0 Å². The van der Waals surface area contributed by atoms with Gasteiger partial charge in [0.2, 0.25) is 0 Å². The van der Waals surface area contributed by atoms with Crippen molar-refractivity contribution in [3.8, 4) is 0 Å². The standard InChI is InChI=1S/C34H44Cl2O6/c35-27-17-13-25(14-18-27)31(9-5-1-3-7-11-33(37)41-23-29-21-39-29)32(26-15-19-28(36)20-16-26)10-6-2-4-8-12-34(38)42-24-30-22-40-30/h13-20,29-32H,1-12,21-24H2. The number of unbranched alkanes of at least 4 members (excludes halogenated alkanes) is 6. The topological polar surface area (TPSA) is 77.7 Å². The molecule has 0 aromatic heterocycles. The maximum Gasteiger partial charge on any atom is 0.305 e. The number of carbonyl (C=O) groups excluding carboxylic acids is 2. The van der Waals surface area contributed by atoms with Crippen molar-refractivity contribution in [2.75, 3.05) is 26.4 Å². The van der Waals surface area contributed by atoms with Crippen LogP contribution in [0.15, 0.2) is 48.5 Å². The number of esters is 2. The Hall–Kier alpha value is -2.12. The van der Waals surface area contributed by atoms with Crippen LogP contribution in [0.2, 0.25) is 10.0 Å². The average molecular weight is 620 g/mol. The van der Waals surface area contributed by atoms with E-state index < -0.39 is 0 Å². The zero-order valence-corrected chi connectivity index (χ0v) is 26.0. The van der Waals surface area contributed by atoms with Gasteiger partial charge in [-0.05, 0) is 72.9 Å². The van der Waals surface area contributed by atoms with Gasteiger partial charge in [0.05, 0.1) is 13.2 Å². The summed E-state index contributed by atoms with van der Waals surface area (Å²) in [4.78, 5) is 23.9. The van der Waals surface area contributed by atoms with Crippen LogP contribution in [0.25, 0.3) is 0 Å². The summed E-state index contributed by atoms with van der Waals surface area (Å²) in [7, 11) is 0. The molecule has 2 saturated heterocycles. The maximum atomic E-state index is 11.9. The molecule has 230 valence electrons. The van der Waals surface area contributed by atoms with Gasteiger partial charge in [0, 0.05) is 22.9 Å². The van der Waals surface area contributed by atoms with Gasteiger partial charge in [-0.2, -0.15) is 0 Å². The van der Waals surface area contributed by atoms with Crippen molar-refractivity contribution in [2.24, 2.45) is 0 Å². The second-order valence-electron chi connectivity index (χ2n) is 11.5. The second-order valence-corrected chi connectivity index (χ2v) is 12.4. The predicted octanol–water partition coefficient (Wildman–Crippen LogP) is 8.43. The molecular formula is C34H44Cl2O6. The summed E-state index contributed by atoms with van der Waals surface area (Å²) < 4.78 is 20.7. The Balaban J connectivity index is 1.28. The summed E-state index contributed by atoms with van der Waals surface area (Å²) in [6.45, 7) is 2.17. The number of epoxide rings is 2. The summed E-state index contributed by atoms with van der Waals surface area (Å²) >= 11 is 12.5. The van der Waals surface area contributed by atoms with Crippen LogP contribution in [0.1, 0.15) is 100 Å². The van der Waals surface area contributed by atoms with Gasteiger partial charge in [-0.3, -0.25) is 9.59 Å². The van der Waals surface area contributed by atoms with E-state index in [-0.39, 0.29) is 24.1 Å². The summed E-state index contributed by atoms with van der Waals surface area (Å²) in [6.07, 6.45) is 11.3. The summed E-state index contributed by atoms with van der Waals surface area (Å²) in [6, 6.07) is 16.6. The maximum absolute atomic E-state index is 11.9. The Labute approximate surface area is 260 Å². The molecule has 2 aromatic rings. The highest BCUT2D eigenvalue weighted by Crippen LogP contribution is 2.41. The molecule has 0 amide bonds. The number of rotatable bonds is 21. The van der Waals surface area contributed by atoms with Crippen LogP contribution >= 0.6 is 23.2 Å². The van der Waals surface area contributed by atoms with Crippen LogP contribution in [-0.4, -0.2) is 50.6 Å². The van der Waals surface area contributed by atoms with Gasteiger partial charge in [0.15, 0.2) is 0 Å². The number of hydrogen-bond acceptors (Lipinski definition) is 6. The third-order valence-electron chi connectivity index (χ3n) is 8.04. The molecule has 0 bridgehead atoms. The first-order valence-electron chi connectivity index (χ1n) is 15.5. The lowest BCUT2D eigenvalue weighted by molar-refractivity contribution is -0.145. The van der Waals surface area contributed by atoms with Gasteiger partial charge in [0.25, 0.3) is 0 Å². The summed E-state index contributed by atoms with van der Waals surface area (Å²) in [5, 5.41) is 1.48. The molecule has 2 aliphatic heterocycles. The van der Waals surface area contributed by atoms with Crippen LogP contribution in [0.5, 0.6) is 0 Å². The predicted molar refractivity (Wildman–Crippen MR) is 165 cm³/mol. The Morgan fingerprint density at radius 1 is 0.619 bits per heavy atom. The van der Waals surface area contributed by atoms with Crippen LogP contribution < -0.4 is 0 Å². The monoisotopic (exact) mass is 618 g/mol. The Kier molecular flexibility index (Phi) is 13.9. The highest BCUT2D eigenvalue weighted by Gasteiger charge is 2.26. The van der Waals surface area contributed by atoms with E-state index in [4.69, 9.17) is 42.1 Å². The lowest BCUT2D eigenvalue weighted by Crippen LogP contribution is -2.13. The first-order valence-corrected chi connectivity index (χ1v) is 16.3. The van der Waals surface area contributed by atoms with E-state index in [1.54, 1.807) is 0 Å². The van der Waals surface area contributed by atoms with Gasteiger partial charge in [-0.15, -0.1) is 0 Å². The molecule has 8 heteroatoms. The van der Waals surface area contributed by atoms with E-state index in [1.165, 1.54) is 11.1 Å². The van der Waals surface area contributed by atoms with E-state index >= 15 is 0 Å². The van der Waals surface area contributed by atoms with Gasteiger partial charge < -0.3 is 18.9 Å². The molecule has 0 radical (unpaired) electrons. The van der Waals surface area contributed by atoms with Gasteiger partial charge in [-0.25, -0.2) is 0 Å². The van der Waals surface area contributed by atoms with Crippen LogP contribution in [0.3, 0.4) is 0 Å². The Bertz CT molecular complexity index is 995. The van der Waals surface area contributed by atoms with Crippen LogP contribution in [0, 0.1) is 0 Å². The summed E-state index contributed by atoms with van der Waals surface area (Å²) in [5.74, 6) is 0.423. The molecule has 0 spiro atoms. The molecule has 2 fully saturated rings. The Morgan fingerprint density at radius 3 is 1.33 bits per heavy atom. The van der Waals surface area contributed by atoms with Gasteiger partial charge >= 0.3 is 11.9 Å². The third-order valence-corrected chi connectivity index (χ3v) is 8.54. The van der Waals surface area contributed by atoms with Crippen molar-refractivity contribution < 1.29 is 28.5 Å². The molecule has 4 unspecified atom stereocenters. The molecule has 2 aromatic carbocycles. The van der Waals surface area contributed by atoms with E-state index in [0.29, 0.717) is 51.1 Å². The lowest BCUT2D eigenvalue weighted by Gasteiger charge is -2.29. The smallest absolute Gasteiger partial charge is 0.305 e. The largest absolute Gasteiger partial charge is 0.463 e. The number of hydrogen-bond donors (Lipinski definition) is 0. The molecular weight excluding hydrogens is 575 g/mol. The molecule has 42 heavy (non-hydrogen) atoms. The normalized spacial score (nSPS) is 18.7. The zero-order chi connectivity index (χ0) is 29.6. The average Bonchev–Trinajstić information content (AvgIpc) is 3.92. The van der Waals surface area contributed by atoms with Crippen molar-refractivity contribution in [1.29, 1.82) is 0 Å². The SMILES string of the molecule is O=C(CCCCCCC(c1ccc(Cl)cc1)C(CCCCCCC(=O)OCC1CO1)c1ccc(Cl)cc1)OCC1CO1. The van der Waals surface area contributed by atoms with E-state index in [1.807, 2.05) is 24.3 Å². The van der Waals surface area contributed by atoms with Crippen molar-refractivity contribution in [3.63, 3.8) is 0 Å².